The molecule has 18 nitrogen and oxygen atoms in total. The van der Waals surface area contributed by atoms with Crippen molar-refractivity contribution in [1.29, 1.82) is 0 Å². The number of nitrogens with two attached hydrogens (primary N) is 2. The molecule has 12 rings (SSSR count). The maximum absolute atomic E-state index is 13.1. The topological polar surface area (TPSA) is 229 Å². The van der Waals surface area contributed by atoms with Gasteiger partial charge in [-0.3, -0.25) is 29.4 Å². The van der Waals surface area contributed by atoms with Crippen LogP contribution < -0.4 is 11.5 Å². The van der Waals surface area contributed by atoms with Gasteiger partial charge in [0.05, 0.1) is 51.8 Å². The number of amides is 6. The molecule has 2 aliphatic carbocycles. The molecular weight excluding hydrogens is 1210 g/mol. The number of methoxy groups -OCH3 is 1. The number of carbonyl (C=O) groups is 6. The van der Waals surface area contributed by atoms with Crippen molar-refractivity contribution in [2.75, 3.05) is 85.6 Å². The third-order valence-electron chi connectivity index (χ3n) is 20.6. The van der Waals surface area contributed by atoms with E-state index in [2.05, 4.69) is 14.7 Å². The minimum absolute atomic E-state index is 0.154. The maximum atomic E-state index is 13.1. The van der Waals surface area contributed by atoms with Gasteiger partial charge in [0.25, 0.3) is 0 Å². The van der Waals surface area contributed by atoms with Crippen LogP contribution in [0.4, 0.5) is 9.59 Å². The summed E-state index contributed by atoms with van der Waals surface area (Å²) in [5, 5.41) is 12.1. The van der Waals surface area contributed by atoms with E-state index in [1.54, 1.807) is 40.4 Å². The third-order valence-corrected chi connectivity index (χ3v) is 21.5. The first-order valence-electron chi connectivity index (χ1n) is 31.7. The summed E-state index contributed by atoms with van der Waals surface area (Å²) in [5.41, 5.74) is 17.8. The lowest BCUT2D eigenvalue weighted by molar-refractivity contribution is -0.135. The highest BCUT2D eigenvalue weighted by atomic mass is 35.5. The van der Waals surface area contributed by atoms with Gasteiger partial charge in [-0.1, -0.05) is 58.5 Å². The van der Waals surface area contributed by atoms with Crippen molar-refractivity contribution in [2.24, 2.45) is 47.0 Å². The van der Waals surface area contributed by atoms with E-state index < -0.39 is 11.9 Å². The summed E-state index contributed by atoms with van der Waals surface area (Å²) in [6, 6.07) is 13.9. The summed E-state index contributed by atoms with van der Waals surface area (Å²) in [6.07, 6.45) is 19.6. The van der Waals surface area contributed by atoms with Crippen molar-refractivity contribution >= 4 is 106 Å². The minimum atomic E-state index is -1.03. The van der Waals surface area contributed by atoms with Crippen LogP contribution >= 0.6 is 46.4 Å². The monoisotopic (exact) mass is 1290 g/mol. The Morgan fingerprint density at radius 3 is 1.19 bits per heavy atom. The second-order valence-corrected chi connectivity index (χ2v) is 27.3. The van der Waals surface area contributed by atoms with Gasteiger partial charge in [0.15, 0.2) is 0 Å². The van der Waals surface area contributed by atoms with Crippen molar-refractivity contribution in [1.82, 2.24) is 39.4 Å². The first kappa shape index (κ1) is 64.3. The Balaban J connectivity index is 0.000000184. The number of benzene rings is 2. The Labute approximate surface area is 540 Å². The molecule has 22 heteroatoms. The van der Waals surface area contributed by atoms with E-state index in [1.807, 2.05) is 47.4 Å². The number of carbonyl (C=O) groups excluding carboxylic acids is 5. The summed E-state index contributed by atoms with van der Waals surface area (Å²) < 4.78 is 5.15. The van der Waals surface area contributed by atoms with Crippen molar-refractivity contribution in [2.45, 2.75) is 102 Å². The van der Waals surface area contributed by atoms with Crippen LogP contribution in [0.1, 0.15) is 147 Å². The van der Waals surface area contributed by atoms with E-state index in [0.29, 0.717) is 117 Å². The smallest absolute Gasteiger partial charge is 0.338 e. The summed E-state index contributed by atoms with van der Waals surface area (Å²) in [6.45, 7) is 9.36. The Kier molecular flexibility index (Phi) is 20.6. The van der Waals surface area contributed by atoms with Gasteiger partial charge < -0.3 is 40.9 Å². The first-order valence-corrected chi connectivity index (χ1v) is 33.2. The van der Waals surface area contributed by atoms with Crippen molar-refractivity contribution in [3.8, 4) is 0 Å². The lowest BCUT2D eigenvalue weighted by Crippen LogP contribution is -2.45. The van der Waals surface area contributed by atoms with Crippen molar-refractivity contribution in [3.05, 3.63) is 126 Å². The van der Waals surface area contributed by atoms with Gasteiger partial charge in [0.2, 0.25) is 11.8 Å². The number of hydrogen-bond donors (Lipinski definition) is 3. The number of carboxylic acid groups (broad SMARTS) is 1. The van der Waals surface area contributed by atoms with Crippen LogP contribution in [-0.4, -0.2) is 166 Å². The molecule has 2 atom stereocenters. The number of likely N-dealkylation sites (tertiary alicyclic amines) is 6. The zero-order valence-corrected chi connectivity index (χ0v) is 53.5. The zero-order valence-electron chi connectivity index (χ0n) is 50.5. The van der Waals surface area contributed by atoms with Gasteiger partial charge in [-0.2, -0.15) is 0 Å². The number of esters is 1. The highest BCUT2D eigenvalue weighted by molar-refractivity contribution is 6.33. The molecule has 0 saturated carbocycles. The molecule has 474 valence electrons. The van der Waals surface area contributed by atoms with Gasteiger partial charge in [0.1, 0.15) is 0 Å². The number of aromatic nitrogens is 2. The summed E-state index contributed by atoms with van der Waals surface area (Å²) in [5.74, 6) is 2.05. The number of nitrogens with zero attached hydrogens (tertiary/aromatic N) is 8. The predicted molar refractivity (Wildman–Crippen MR) is 345 cm³/mol. The summed E-state index contributed by atoms with van der Waals surface area (Å²) in [4.78, 5) is 96.1. The molecule has 6 amide bonds. The molecule has 8 aliphatic rings. The van der Waals surface area contributed by atoms with E-state index in [4.69, 9.17) is 72.6 Å². The number of carboxylic acids is 1. The van der Waals surface area contributed by atoms with Gasteiger partial charge in [-0.15, -0.1) is 0 Å². The van der Waals surface area contributed by atoms with Gasteiger partial charge in [-0.05, 0) is 210 Å². The lowest BCUT2D eigenvalue weighted by atomic mass is 9.78. The van der Waals surface area contributed by atoms with E-state index in [1.165, 1.54) is 7.11 Å². The number of halogens is 4. The SMILES string of the molecule is COC(=O)C1=Cc2cc(Cl)ccc2C(N2CCC(C3CCN(C(=O)CC4CCN(C(N)=O)CC4)CC3)CC2)c2ncc(Cl)cc21.NC(=O)N1CCC(CC(=O)N2CCC(C3CCN(C4c5ccc(Cl)cc5C=C(C(=O)O)c5cc(Cl)cnc54)CC3)CC2)CC1. The number of urea groups is 2. The van der Waals surface area contributed by atoms with E-state index in [9.17, 15) is 33.9 Å². The first-order chi connectivity index (χ1) is 42.9. The minimum Gasteiger partial charge on any atom is -0.478 e. The van der Waals surface area contributed by atoms with Crippen molar-refractivity contribution < 1.29 is 38.6 Å². The molecule has 4 aromatic rings. The molecule has 6 fully saturated rings. The van der Waals surface area contributed by atoms with E-state index in [0.717, 1.165) is 157 Å². The number of aliphatic carboxylic acids is 1. The number of fused-ring (bicyclic) bond motifs is 4. The number of ether oxygens (including phenoxy) is 1. The van der Waals surface area contributed by atoms with Crippen LogP contribution in [0, 0.1) is 35.5 Å². The third kappa shape index (κ3) is 14.7. The standard InChI is InChI=1S/C34H41Cl2N5O4.C33H39Cl2N5O4/c1-45-33(43)29-18-24-17-25(35)2-3-27(24)32(31-28(29)19-26(36)20-38-31)40-14-8-23(9-15-40)22-6-12-39(13-7-22)30(42)16-21-4-10-41(11-5-21)34(37)44;34-24-1-2-26-23(16-24)17-28(32(42)43)27-18-25(35)19-37-30(27)31(26)39-13-7-22(8-14-39)21-5-11-38(12-6-21)29(41)15-20-3-9-40(10-4-20)33(36)44/h2-3,17-23,32H,4-16H2,1H3,(H2,37,44);1-2,16-22,31H,3-15H2,(H2,36,44)(H,42,43). The molecule has 8 heterocycles. The number of pyridine rings is 2. The lowest BCUT2D eigenvalue weighted by Gasteiger charge is -2.43. The second kappa shape index (κ2) is 28.5. The van der Waals surface area contributed by atoms with Crippen molar-refractivity contribution in [3.63, 3.8) is 0 Å². The fraction of sp³-hybridized carbons (Fsp3) is 0.522. The number of piperidine rings is 6. The molecule has 2 aromatic heterocycles. The highest BCUT2D eigenvalue weighted by Crippen LogP contribution is 2.46. The predicted octanol–water partition coefficient (Wildman–Crippen LogP) is 11.2. The molecule has 0 spiro atoms. The zero-order chi connectivity index (χ0) is 62.6. The second-order valence-electron chi connectivity index (χ2n) is 25.6. The largest absolute Gasteiger partial charge is 0.478 e. The Morgan fingerprint density at radius 1 is 0.483 bits per heavy atom. The molecule has 6 saturated heterocycles. The molecular formula is C67H80Cl4N10O8. The Bertz CT molecular complexity index is 3370. The number of rotatable bonds is 10. The average Bonchev–Trinajstić information content (AvgIpc) is 1.78. The van der Waals surface area contributed by atoms with Gasteiger partial charge in [-0.25, -0.2) is 19.2 Å². The quantitative estimate of drug-likeness (QED) is 0.126. The molecule has 2 unspecified atom stereocenters. The molecule has 89 heavy (non-hydrogen) atoms. The van der Waals surface area contributed by atoms with Gasteiger partial charge in [0, 0.05) is 98.8 Å². The van der Waals surface area contributed by atoms with E-state index >= 15 is 0 Å². The molecule has 6 aliphatic heterocycles. The number of primary amides is 2. The fourth-order valence-electron chi connectivity index (χ4n) is 15.6. The van der Waals surface area contributed by atoms with Crippen LogP contribution in [0.2, 0.25) is 20.1 Å². The highest BCUT2D eigenvalue weighted by Gasteiger charge is 2.40. The maximum Gasteiger partial charge on any atom is 0.338 e. The van der Waals surface area contributed by atoms with Crippen LogP contribution in [0.15, 0.2) is 60.9 Å². The van der Waals surface area contributed by atoms with E-state index in [-0.39, 0.29) is 41.5 Å². The van der Waals surface area contributed by atoms with Crippen LogP contribution in [0.5, 0.6) is 0 Å². The van der Waals surface area contributed by atoms with Gasteiger partial charge >= 0.3 is 24.0 Å². The summed E-state index contributed by atoms with van der Waals surface area (Å²) in [7, 11) is 1.38. The fourth-order valence-corrected chi connectivity index (χ4v) is 16.2. The average molecular weight is 1300 g/mol. The van der Waals surface area contributed by atoms with Crippen LogP contribution in [0.25, 0.3) is 23.3 Å². The summed E-state index contributed by atoms with van der Waals surface area (Å²) >= 11 is 25.5. The molecule has 2 aromatic carbocycles. The molecule has 0 bridgehead atoms. The van der Waals surface area contributed by atoms with Crippen LogP contribution in [-0.2, 0) is 23.9 Å². The number of hydrogen-bond acceptors (Lipinski definition) is 11. The Hall–Kier alpha value is -6.28. The Morgan fingerprint density at radius 2 is 0.831 bits per heavy atom. The normalized spacial score (nSPS) is 22.0. The molecule has 5 N–H and O–H groups in total. The molecule has 0 radical (unpaired) electrons. The van der Waals surface area contributed by atoms with Crippen LogP contribution in [0.3, 0.4) is 0 Å².